The van der Waals surface area contributed by atoms with E-state index >= 15 is 0 Å². The standard InChI is InChI=1S/C22H20FN3O2/c1-27-20-8-4-3-6-16(20)17-12-10-15(26-14-24-25-22(17)26)11-13-18-19(23)7-5-9-21(18)28-2/h3-10,12,14H,11,13H2,1-2H3. The Balaban J connectivity index is 1.71. The molecule has 0 unspecified atom stereocenters. The minimum Gasteiger partial charge on any atom is -0.496 e. The number of halogens is 1. The van der Waals surface area contributed by atoms with E-state index in [1.54, 1.807) is 32.7 Å². The molecule has 28 heavy (non-hydrogen) atoms. The van der Waals surface area contributed by atoms with Gasteiger partial charge in [0, 0.05) is 22.4 Å². The zero-order valence-electron chi connectivity index (χ0n) is 15.7. The summed E-state index contributed by atoms with van der Waals surface area (Å²) < 4.78 is 27.0. The molecule has 5 nitrogen and oxygen atoms in total. The van der Waals surface area contributed by atoms with Gasteiger partial charge in [-0.2, -0.15) is 0 Å². The molecule has 0 fully saturated rings. The number of fused-ring (bicyclic) bond motifs is 1. The van der Waals surface area contributed by atoms with Gasteiger partial charge in [0.2, 0.25) is 0 Å². The van der Waals surface area contributed by atoms with Crippen LogP contribution in [0.1, 0.15) is 11.3 Å². The van der Waals surface area contributed by atoms with Crippen LogP contribution in [0, 0.1) is 5.82 Å². The summed E-state index contributed by atoms with van der Waals surface area (Å²) in [6, 6.07) is 16.7. The summed E-state index contributed by atoms with van der Waals surface area (Å²) in [5, 5.41) is 8.38. The highest BCUT2D eigenvalue weighted by Gasteiger charge is 2.15. The second-order valence-corrected chi connectivity index (χ2v) is 6.38. The Morgan fingerprint density at radius 3 is 2.46 bits per heavy atom. The van der Waals surface area contributed by atoms with Gasteiger partial charge in [-0.1, -0.05) is 24.3 Å². The van der Waals surface area contributed by atoms with Crippen LogP contribution >= 0.6 is 0 Å². The number of para-hydroxylation sites is 1. The molecule has 0 radical (unpaired) electrons. The van der Waals surface area contributed by atoms with Gasteiger partial charge in [-0.3, -0.25) is 4.40 Å². The molecular formula is C22H20FN3O2. The van der Waals surface area contributed by atoms with E-state index in [0.717, 1.165) is 28.2 Å². The highest BCUT2D eigenvalue weighted by Crippen LogP contribution is 2.32. The Hall–Kier alpha value is -3.41. The van der Waals surface area contributed by atoms with Gasteiger partial charge in [0.25, 0.3) is 0 Å². The molecule has 0 N–H and O–H groups in total. The number of aromatic nitrogens is 3. The molecule has 2 aromatic heterocycles. The highest BCUT2D eigenvalue weighted by molar-refractivity contribution is 5.81. The second kappa shape index (κ2) is 7.68. The van der Waals surface area contributed by atoms with Gasteiger partial charge in [0.05, 0.1) is 14.2 Å². The van der Waals surface area contributed by atoms with E-state index in [1.165, 1.54) is 6.07 Å². The van der Waals surface area contributed by atoms with Crippen molar-refractivity contribution < 1.29 is 13.9 Å². The summed E-state index contributed by atoms with van der Waals surface area (Å²) in [5.74, 6) is 1.08. The topological polar surface area (TPSA) is 48.7 Å². The normalized spacial score (nSPS) is 11.0. The summed E-state index contributed by atoms with van der Waals surface area (Å²) in [6.07, 6.45) is 2.82. The van der Waals surface area contributed by atoms with E-state index in [0.29, 0.717) is 24.2 Å². The number of hydrogen-bond donors (Lipinski definition) is 0. The van der Waals surface area contributed by atoms with Crippen LogP contribution < -0.4 is 9.47 Å². The molecule has 2 heterocycles. The van der Waals surface area contributed by atoms with Crippen molar-refractivity contribution in [1.29, 1.82) is 0 Å². The molecule has 0 saturated heterocycles. The van der Waals surface area contributed by atoms with E-state index in [9.17, 15) is 4.39 Å². The molecule has 0 aliphatic carbocycles. The zero-order chi connectivity index (χ0) is 19.5. The van der Waals surface area contributed by atoms with Crippen molar-refractivity contribution in [1.82, 2.24) is 14.6 Å². The third-order valence-electron chi connectivity index (χ3n) is 4.86. The first kappa shape index (κ1) is 18.0. The Bertz CT molecular complexity index is 1120. The molecular weight excluding hydrogens is 357 g/mol. The Kier molecular flexibility index (Phi) is 4.93. The molecule has 142 valence electrons. The lowest BCUT2D eigenvalue weighted by Gasteiger charge is -2.13. The van der Waals surface area contributed by atoms with Crippen molar-refractivity contribution in [2.24, 2.45) is 0 Å². The summed E-state index contributed by atoms with van der Waals surface area (Å²) in [5.41, 5.74) is 4.18. The maximum atomic E-state index is 14.2. The van der Waals surface area contributed by atoms with Gasteiger partial charge >= 0.3 is 0 Å². The van der Waals surface area contributed by atoms with E-state index in [4.69, 9.17) is 9.47 Å². The van der Waals surface area contributed by atoms with Crippen molar-refractivity contribution in [3.05, 3.63) is 78.0 Å². The van der Waals surface area contributed by atoms with Crippen LogP contribution in [0.2, 0.25) is 0 Å². The first-order valence-corrected chi connectivity index (χ1v) is 8.99. The van der Waals surface area contributed by atoms with E-state index in [-0.39, 0.29) is 5.82 Å². The molecule has 0 atom stereocenters. The molecule has 0 aliphatic heterocycles. The first-order valence-electron chi connectivity index (χ1n) is 8.99. The summed E-state index contributed by atoms with van der Waals surface area (Å²) >= 11 is 0. The van der Waals surface area contributed by atoms with Crippen LogP contribution in [0.3, 0.4) is 0 Å². The minimum absolute atomic E-state index is 0.259. The largest absolute Gasteiger partial charge is 0.496 e. The van der Waals surface area contributed by atoms with Crippen LogP contribution in [0.25, 0.3) is 16.8 Å². The van der Waals surface area contributed by atoms with Gasteiger partial charge in [-0.05, 0) is 43.2 Å². The molecule has 0 bridgehead atoms. The maximum Gasteiger partial charge on any atom is 0.168 e. The third kappa shape index (κ3) is 3.17. The van der Waals surface area contributed by atoms with Crippen LogP contribution in [0.4, 0.5) is 4.39 Å². The average Bonchev–Trinajstić information content (AvgIpc) is 3.22. The van der Waals surface area contributed by atoms with Gasteiger partial charge < -0.3 is 9.47 Å². The fraction of sp³-hybridized carbons (Fsp3) is 0.182. The lowest BCUT2D eigenvalue weighted by Crippen LogP contribution is -2.03. The van der Waals surface area contributed by atoms with Gasteiger partial charge in [0.15, 0.2) is 5.65 Å². The highest BCUT2D eigenvalue weighted by atomic mass is 19.1. The molecule has 2 aromatic carbocycles. The summed E-state index contributed by atoms with van der Waals surface area (Å²) in [7, 11) is 3.20. The maximum absolute atomic E-state index is 14.2. The van der Waals surface area contributed by atoms with Crippen molar-refractivity contribution in [2.75, 3.05) is 14.2 Å². The lowest BCUT2D eigenvalue weighted by atomic mass is 10.0. The van der Waals surface area contributed by atoms with Crippen molar-refractivity contribution in [3.63, 3.8) is 0 Å². The quantitative estimate of drug-likeness (QED) is 0.502. The number of pyridine rings is 1. The number of rotatable bonds is 6. The molecule has 0 aliphatic rings. The van der Waals surface area contributed by atoms with Crippen LogP contribution in [0.15, 0.2) is 60.9 Å². The molecule has 0 spiro atoms. The Labute approximate surface area is 162 Å². The smallest absolute Gasteiger partial charge is 0.168 e. The summed E-state index contributed by atoms with van der Waals surface area (Å²) in [6.45, 7) is 0. The van der Waals surface area contributed by atoms with E-state index in [2.05, 4.69) is 10.2 Å². The number of nitrogens with zero attached hydrogens (tertiary/aromatic N) is 3. The molecule has 0 amide bonds. The molecule has 0 saturated carbocycles. The first-order chi connectivity index (χ1) is 13.7. The van der Waals surface area contributed by atoms with Gasteiger partial charge in [-0.25, -0.2) is 4.39 Å². The van der Waals surface area contributed by atoms with E-state index < -0.39 is 0 Å². The Morgan fingerprint density at radius 2 is 1.64 bits per heavy atom. The van der Waals surface area contributed by atoms with Crippen LogP contribution in [-0.2, 0) is 12.8 Å². The lowest BCUT2D eigenvalue weighted by molar-refractivity contribution is 0.404. The number of benzene rings is 2. The number of ether oxygens (including phenoxy) is 2. The van der Waals surface area contributed by atoms with Crippen LogP contribution in [0.5, 0.6) is 11.5 Å². The number of methoxy groups -OCH3 is 2. The van der Waals surface area contributed by atoms with E-state index in [1.807, 2.05) is 40.8 Å². The molecule has 4 aromatic rings. The van der Waals surface area contributed by atoms with Crippen molar-refractivity contribution in [3.8, 4) is 22.6 Å². The van der Waals surface area contributed by atoms with Gasteiger partial charge in [0.1, 0.15) is 23.6 Å². The van der Waals surface area contributed by atoms with Crippen molar-refractivity contribution in [2.45, 2.75) is 12.8 Å². The average molecular weight is 377 g/mol. The van der Waals surface area contributed by atoms with Crippen molar-refractivity contribution >= 4 is 5.65 Å². The number of aryl methyl sites for hydroxylation is 1. The van der Waals surface area contributed by atoms with Gasteiger partial charge in [-0.15, -0.1) is 10.2 Å². The third-order valence-corrected chi connectivity index (χ3v) is 4.86. The second-order valence-electron chi connectivity index (χ2n) is 6.38. The van der Waals surface area contributed by atoms with Crippen LogP contribution in [-0.4, -0.2) is 28.8 Å². The predicted molar refractivity (Wildman–Crippen MR) is 105 cm³/mol. The zero-order valence-corrected chi connectivity index (χ0v) is 15.7. The SMILES string of the molecule is COc1ccccc1-c1ccc(CCc2c(F)cccc2OC)n2cnnc12. The monoisotopic (exact) mass is 377 g/mol. The molecule has 6 heteroatoms. The Morgan fingerprint density at radius 1 is 0.857 bits per heavy atom. The predicted octanol–water partition coefficient (Wildman–Crippen LogP) is 4.34. The number of hydrogen-bond acceptors (Lipinski definition) is 4. The fourth-order valence-corrected chi connectivity index (χ4v) is 3.47. The summed E-state index contributed by atoms with van der Waals surface area (Å²) in [4.78, 5) is 0. The fourth-order valence-electron chi connectivity index (χ4n) is 3.47. The molecule has 4 rings (SSSR count). The minimum atomic E-state index is -0.259.